The molecular weight excluding hydrogens is 663 g/mol. The van der Waals surface area contributed by atoms with E-state index >= 15 is 0 Å². The highest BCUT2D eigenvalue weighted by Gasteiger charge is 2.23. The zero-order valence-electron chi connectivity index (χ0n) is 28.7. The van der Waals surface area contributed by atoms with Crippen molar-refractivity contribution >= 4 is 92.1 Å². The molecule has 0 amide bonds. The second-order valence-corrected chi connectivity index (χ2v) is 14.8. The minimum atomic E-state index is 0.871. The summed E-state index contributed by atoms with van der Waals surface area (Å²) in [5, 5.41) is 9.69. The normalized spacial score (nSPS) is 11.8. The molecule has 0 N–H and O–H groups in total. The van der Waals surface area contributed by atoms with Crippen LogP contribution < -0.4 is 4.90 Å². The average molecular weight is 694 g/mol. The first-order valence-corrected chi connectivity index (χ1v) is 18.8. The number of rotatable bonds is 5. The number of benzene rings is 9. The summed E-state index contributed by atoms with van der Waals surface area (Å²) in [6.07, 6.45) is 0. The van der Waals surface area contributed by atoms with Gasteiger partial charge in [-0.15, -0.1) is 11.3 Å². The van der Waals surface area contributed by atoms with Crippen molar-refractivity contribution < 1.29 is 4.42 Å². The van der Waals surface area contributed by atoms with Crippen LogP contribution in [0.2, 0.25) is 0 Å². The Hall–Kier alpha value is -6.68. The van der Waals surface area contributed by atoms with Gasteiger partial charge in [-0.2, -0.15) is 0 Å². The molecule has 248 valence electrons. The van der Waals surface area contributed by atoms with Gasteiger partial charge in [-0.1, -0.05) is 127 Å². The van der Waals surface area contributed by atoms with E-state index in [4.69, 9.17) is 4.42 Å². The molecule has 0 fully saturated rings. The van der Waals surface area contributed by atoms with E-state index in [0.717, 1.165) is 55.7 Å². The van der Waals surface area contributed by atoms with E-state index in [9.17, 15) is 0 Å². The van der Waals surface area contributed by atoms with E-state index in [2.05, 4.69) is 193 Å². The van der Waals surface area contributed by atoms with Crippen LogP contribution in [0.3, 0.4) is 0 Å². The van der Waals surface area contributed by atoms with Gasteiger partial charge in [0.15, 0.2) is 0 Å². The smallest absolute Gasteiger partial charge is 0.145 e. The maximum atomic E-state index is 6.97. The largest absolute Gasteiger partial charge is 0.455 e. The monoisotopic (exact) mass is 693 g/mol. The van der Waals surface area contributed by atoms with Gasteiger partial charge in [0.25, 0.3) is 0 Å². The molecular formula is C50H31NOS. The predicted molar refractivity (Wildman–Crippen MR) is 227 cm³/mol. The van der Waals surface area contributed by atoms with E-state index in [1.165, 1.54) is 47.3 Å². The SMILES string of the molecule is c1ccc(-c2ccc3c(c2)oc2c(-c4ccccc4)ccc(N(c4ccc5c(ccc6ccccc65)c4)c4ccc5sc6ccccc6c5c4)c23)cc1. The summed E-state index contributed by atoms with van der Waals surface area (Å²) in [5.74, 6) is 0. The fraction of sp³-hybridized carbons (Fsp3) is 0. The highest BCUT2D eigenvalue weighted by molar-refractivity contribution is 7.25. The van der Waals surface area contributed by atoms with Crippen LogP contribution in [-0.2, 0) is 0 Å². The molecule has 2 nitrogen and oxygen atoms in total. The third-order valence-corrected chi connectivity index (χ3v) is 11.8. The molecule has 0 atom stereocenters. The van der Waals surface area contributed by atoms with Gasteiger partial charge in [0, 0.05) is 42.5 Å². The molecule has 0 saturated heterocycles. The second-order valence-electron chi connectivity index (χ2n) is 13.7. The predicted octanol–water partition coefficient (Wildman–Crippen LogP) is 15.1. The first-order valence-electron chi connectivity index (χ1n) is 18.0. The number of furan rings is 1. The first-order chi connectivity index (χ1) is 26.3. The number of thiophene rings is 1. The minimum Gasteiger partial charge on any atom is -0.455 e. The third kappa shape index (κ3) is 4.86. The van der Waals surface area contributed by atoms with Crippen LogP contribution in [-0.4, -0.2) is 0 Å². The molecule has 53 heavy (non-hydrogen) atoms. The number of hydrogen-bond donors (Lipinski definition) is 0. The van der Waals surface area contributed by atoms with E-state index < -0.39 is 0 Å². The Morgan fingerprint density at radius 1 is 0.396 bits per heavy atom. The molecule has 0 bridgehead atoms. The van der Waals surface area contributed by atoms with Gasteiger partial charge in [-0.25, -0.2) is 0 Å². The van der Waals surface area contributed by atoms with Crippen LogP contribution in [0.25, 0.3) is 85.9 Å². The Labute approximate surface area is 310 Å². The van der Waals surface area contributed by atoms with Crippen LogP contribution in [0.15, 0.2) is 192 Å². The van der Waals surface area contributed by atoms with Gasteiger partial charge in [0.2, 0.25) is 0 Å². The number of nitrogens with zero attached hydrogens (tertiary/aromatic N) is 1. The Balaban J connectivity index is 1.21. The topological polar surface area (TPSA) is 16.4 Å². The van der Waals surface area contributed by atoms with Crippen molar-refractivity contribution in [3.05, 3.63) is 188 Å². The Kier molecular flexibility index (Phi) is 6.76. The van der Waals surface area contributed by atoms with Crippen molar-refractivity contribution in [2.45, 2.75) is 0 Å². The van der Waals surface area contributed by atoms with Gasteiger partial charge < -0.3 is 9.32 Å². The molecule has 3 heteroatoms. The Morgan fingerprint density at radius 3 is 1.92 bits per heavy atom. The lowest BCUT2D eigenvalue weighted by molar-refractivity contribution is 0.670. The fourth-order valence-electron chi connectivity index (χ4n) is 8.12. The van der Waals surface area contributed by atoms with Crippen molar-refractivity contribution in [1.82, 2.24) is 0 Å². The standard InChI is InChI=1S/C50H31NOS/c1-3-11-32(12-4-1)35-21-24-43-46(30-35)52-50-41(33-13-5-2-6-14-33)26-27-45(49(43)50)51(38-23-28-48-44(31-38)42-17-9-10-18-47(42)53-48)37-22-25-40-36(29-37)20-19-34-15-7-8-16-39(34)40/h1-31H. The summed E-state index contributed by atoms with van der Waals surface area (Å²) in [5.41, 5.74) is 9.52. The maximum absolute atomic E-state index is 6.97. The number of hydrogen-bond acceptors (Lipinski definition) is 3. The van der Waals surface area contributed by atoms with E-state index in [1.807, 2.05) is 11.3 Å². The molecule has 11 rings (SSSR count). The average Bonchev–Trinajstić information content (AvgIpc) is 3.80. The molecule has 0 aliphatic carbocycles. The zero-order chi connectivity index (χ0) is 34.9. The van der Waals surface area contributed by atoms with Crippen molar-refractivity contribution in [1.29, 1.82) is 0 Å². The molecule has 0 radical (unpaired) electrons. The fourth-order valence-corrected chi connectivity index (χ4v) is 9.21. The summed E-state index contributed by atoms with van der Waals surface area (Å²) in [6, 6.07) is 68.0. The van der Waals surface area contributed by atoms with Crippen LogP contribution in [0.4, 0.5) is 17.1 Å². The quantitative estimate of drug-likeness (QED) is 0.167. The molecule has 2 aromatic heterocycles. The summed E-state index contributed by atoms with van der Waals surface area (Å²) in [4.78, 5) is 2.43. The number of fused-ring (bicyclic) bond motifs is 9. The lowest BCUT2D eigenvalue weighted by Crippen LogP contribution is -2.10. The lowest BCUT2D eigenvalue weighted by Gasteiger charge is -2.27. The summed E-state index contributed by atoms with van der Waals surface area (Å²) in [7, 11) is 0. The van der Waals surface area contributed by atoms with Crippen LogP contribution in [0, 0.1) is 0 Å². The summed E-state index contributed by atoms with van der Waals surface area (Å²) in [6.45, 7) is 0. The maximum Gasteiger partial charge on any atom is 0.145 e. The van der Waals surface area contributed by atoms with Crippen molar-refractivity contribution in [2.75, 3.05) is 4.90 Å². The molecule has 0 saturated carbocycles. The van der Waals surface area contributed by atoms with Gasteiger partial charge in [0.1, 0.15) is 11.2 Å². The molecule has 0 spiro atoms. The van der Waals surface area contributed by atoms with E-state index in [0.29, 0.717) is 0 Å². The molecule has 11 aromatic rings. The summed E-state index contributed by atoms with van der Waals surface area (Å²) < 4.78 is 9.56. The van der Waals surface area contributed by atoms with Gasteiger partial charge in [-0.3, -0.25) is 0 Å². The molecule has 9 aromatic carbocycles. The third-order valence-electron chi connectivity index (χ3n) is 10.6. The first kappa shape index (κ1) is 30.0. The summed E-state index contributed by atoms with van der Waals surface area (Å²) >= 11 is 1.85. The van der Waals surface area contributed by atoms with Crippen LogP contribution in [0.1, 0.15) is 0 Å². The Morgan fingerprint density at radius 2 is 1.06 bits per heavy atom. The number of anilines is 3. The lowest BCUT2D eigenvalue weighted by atomic mass is 9.98. The van der Waals surface area contributed by atoms with Crippen LogP contribution in [0.5, 0.6) is 0 Å². The van der Waals surface area contributed by atoms with Gasteiger partial charge >= 0.3 is 0 Å². The van der Waals surface area contributed by atoms with Crippen molar-refractivity contribution in [2.24, 2.45) is 0 Å². The molecule has 0 aliphatic heterocycles. The van der Waals surface area contributed by atoms with Crippen molar-refractivity contribution in [3.63, 3.8) is 0 Å². The second kappa shape index (κ2) is 11.9. The molecule has 0 unspecified atom stereocenters. The minimum absolute atomic E-state index is 0.871. The van der Waals surface area contributed by atoms with Gasteiger partial charge in [0.05, 0.1) is 11.1 Å². The van der Waals surface area contributed by atoms with E-state index in [1.54, 1.807) is 0 Å². The highest BCUT2D eigenvalue weighted by atomic mass is 32.1. The molecule has 0 aliphatic rings. The van der Waals surface area contributed by atoms with E-state index in [-0.39, 0.29) is 0 Å². The van der Waals surface area contributed by atoms with Gasteiger partial charge in [-0.05, 0) is 98.9 Å². The van der Waals surface area contributed by atoms with Crippen LogP contribution >= 0.6 is 11.3 Å². The van der Waals surface area contributed by atoms with Crippen molar-refractivity contribution in [3.8, 4) is 22.3 Å². The highest BCUT2D eigenvalue weighted by Crippen LogP contribution is 2.48. The Bertz CT molecular complexity index is 3180. The zero-order valence-corrected chi connectivity index (χ0v) is 29.5. The molecule has 2 heterocycles.